The van der Waals surface area contributed by atoms with Gasteiger partial charge in [-0.2, -0.15) is 8.42 Å². The van der Waals surface area contributed by atoms with E-state index in [9.17, 15) is 8.42 Å². The van der Waals surface area contributed by atoms with E-state index in [4.69, 9.17) is 14.0 Å². The first-order valence-electron chi connectivity index (χ1n) is 9.77. The van der Waals surface area contributed by atoms with E-state index in [1.165, 1.54) is 19.3 Å². The summed E-state index contributed by atoms with van der Waals surface area (Å²) in [4.78, 5) is 0. The van der Waals surface area contributed by atoms with Gasteiger partial charge in [-0.25, -0.2) is 0 Å². The average molecular weight is 383 g/mol. The lowest BCUT2D eigenvalue weighted by Gasteiger charge is -2.34. The standard InChI is InChI=1S/C18H39NO5S/c1-4-6-8-11-19(3,12-9-10-18-25(20,21)22)13-15-24-17-16-23-14-7-5-2/h4-18H2,1-3H3/p+1. The normalized spacial score (nSPS) is 14.6. The van der Waals surface area contributed by atoms with Crippen molar-refractivity contribution in [2.45, 2.75) is 58.8 Å². The molecule has 0 saturated heterocycles. The van der Waals surface area contributed by atoms with Gasteiger partial charge in [-0.3, -0.25) is 4.55 Å². The second-order valence-corrected chi connectivity index (χ2v) is 8.64. The molecule has 0 heterocycles. The van der Waals surface area contributed by atoms with Crippen LogP contribution in [0.1, 0.15) is 58.8 Å². The molecule has 0 aromatic rings. The summed E-state index contributed by atoms with van der Waals surface area (Å²) in [5.41, 5.74) is 0. The van der Waals surface area contributed by atoms with Crippen LogP contribution in [0.25, 0.3) is 0 Å². The van der Waals surface area contributed by atoms with Crippen LogP contribution in [0.3, 0.4) is 0 Å². The Morgan fingerprint density at radius 1 is 0.760 bits per heavy atom. The summed E-state index contributed by atoms with van der Waals surface area (Å²) in [7, 11) is -1.63. The molecule has 0 bridgehead atoms. The van der Waals surface area contributed by atoms with E-state index in [0.717, 1.165) is 50.0 Å². The van der Waals surface area contributed by atoms with Crippen molar-refractivity contribution in [3.63, 3.8) is 0 Å². The predicted octanol–water partition coefficient (Wildman–Crippen LogP) is 3.12. The molecule has 7 heteroatoms. The number of rotatable bonds is 18. The molecule has 0 saturated carbocycles. The van der Waals surface area contributed by atoms with Gasteiger partial charge in [-0.15, -0.1) is 0 Å². The van der Waals surface area contributed by atoms with Crippen LogP contribution in [0.5, 0.6) is 0 Å². The van der Waals surface area contributed by atoms with Gasteiger partial charge in [0.25, 0.3) is 10.1 Å². The third kappa shape index (κ3) is 17.0. The maximum atomic E-state index is 10.8. The molecule has 1 N–H and O–H groups in total. The Bertz CT molecular complexity index is 402. The molecule has 0 amide bonds. The maximum absolute atomic E-state index is 10.8. The minimum absolute atomic E-state index is 0.145. The summed E-state index contributed by atoms with van der Waals surface area (Å²) in [6, 6.07) is 0. The highest BCUT2D eigenvalue weighted by atomic mass is 32.2. The monoisotopic (exact) mass is 382 g/mol. The minimum Gasteiger partial charge on any atom is -0.379 e. The van der Waals surface area contributed by atoms with Crippen LogP contribution in [-0.4, -0.2) is 76.3 Å². The number of likely N-dealkylation sites (N-methyl/N-ethyl adjacent to an activating group) is 1. The zero-order chi connectivity index (χ0) is 19.0. The number of quaternary nitrogens is 1. The number of unbranched alkanes of at least 4 members (excludes halogenated alkanes) is 4. The van der Waals surface area contributed by atoms with Crippen molar-refractivity contribution in [1.82, 2.24) is 0 Å². The van der Waals surface area contributed by atoms with E-state index in [-0.39, 0.29) is 5.75 Å². The van der Waals surface area contributed by atoms with E-state index in [2.05, 4.69) is 20.9 Å². The summed E-state index contributed by atoms with van der Waals surface area (Å²) in [6.07, 6.45) is 7.11. The molecule has 0 rings (SSSR count). The molecule has 0 fully saturated rings. The fourth-order valence-corrected chi connectivity index (χ4v) is 3.28. The van der Waals surface area contributed by atoms with Crippen molar-refractivity contribution in [3.05, 3.63) is 0 Å². The van der Waals surface area contributed by atoms with Crippen molar-refractivity contribution in [3.8, 4) is 0 Å². The summed E-state index contributed by atoms with van der Waals surface area (Å²) in [5, 5.41) is 0. The lowest BCUT2D eigenvalue weighted by molar-refractivity contribution is -0.910. The highest BCUT2D eigenvalue weighted by molar-refractivity contribution is 7.85. The van der Waals surface area contributed by atoms with Crippen LogP contribution in [0.2, 0.25) is 0 Å². The van der Waals surface area contributed by atoms with Gasteiger partial charge in [0.1, 0.15) is 6.54 Å². The Hall–Kier alpha value is -0.210. The van der Waals surface area contributed by atoms with E-state index in [1.54, 1.807) is 0 Å². The quantitative estimate of drug-likeness (QED) is 0.224. The Balaban J connectivity index is 4.04. The van der Waals surface area contributed by atoms with Gasteiger partial charge in [0.15, 0.2) is 0 Å². The predicted molar refractivity (Wildman–Crippen MR) is 103 cm³/mol. The van der Waals surface area contributed by atoms with Crippen molar-refractivity contribution < 1.29 is 26.9 Å². The van der Waals surface area contributed by atoms with Crippen molar-refractivity contribution in [2.75, 3.05) is 58.9 Å². The highest BCUT2D eigenvalue weighted by Crippen LogP contribution is 2.10. The van der Waals surface area contributed by atoms with Gasteiger partial charge in [-0.1, -0.05) is 26.7 Å². The van der Waals surface area contributed by atoms with Gasteiger partial charge in [-0.05, 0) is 32.1 Å². The van der Waals surface area contributed by atoms with Gasteiger partial charge in [0, 0.05) is 6.61 Å². The fourth-order valence-electron chi connectivity index (χ4n) is 2.71. The molecule has 25 heavy (non-hydrogen) atoms. The molecule has 0 radical (unpaired) electrons. The van der Waals surface area contributed by atoms with Gasteiger partial charge < -0.3 is 14.0 Å². The number of hydrogen-bond donors (Lipinski definition) is 1. The molecular weight excluding hydrogens is 342 g/mol. The smallest absolute Gasteiger partial charge is 0.264 e. The van der Waals surface area contributed by atoms with Crippen molar-refractivity contribution >= 4 is 10.1 Å². The maximum Gasteiger partial charge on any atom is 0.264 e. The third-order valence-electron chi connectivity index (χ3n) is 4.44. The van der Waals surface area contributed by atoms with Crippen LogP contribution in [-0.2, 0) is 19.6 Å². The molecular formula is C18H40NO5S+. The first-order valence-corrected chi connectivity index (χ1v) is 11.4. The first kappa shape index (κ1) is 24.8. The Morgan fingerprint density at radius 2 is 1.32 bits per heavy atom. The lowest BCUT2D eigenvalue weighted by atomic mass is 10.2. The molecule has 0 aromatic carbocycles. The molecule has 6 nitrogen and oxygen atoms in total. The van der Waals surface area contributed by atoms with Crippen LogP contribution < -0.4 is 0 Å². The Kier molecular flexibility index (Phi) is 14.8. The molecule has 1 unspecified atom stereocenters. The van der Waals surface area contributed by atoms with Gasteiger partial charge in [0.2, 0.25) is 0 Å². The summed E-state index contributed by atoms with van der Waals surface area (Å²) < 4.78 is 42.6. The van der Waals surface area contributed by atoms with Gasteiger partial charge >= 0.3 is 0 Å². The average Bonchev–Trinajstić information content (AvgIpc) is 2.54. The minimum atomic E-state index is -3.84. The molecule has 152 valence electrons. The van der Waals surface area contributed by atoms with Crippen LogP contribution in [0, 0.1) is 0 Å². The molecule has 0 aromatic heterocycles. The molecule has 0 aliphatic rings. The number of hydrogen-bond acceptors (Lipinski definition) is 4. The largest absolute Gasteiger partial charge is 0.379 e. The number of nitrogens with zero attached hydrogens (tertiary/aromatic N) is 1. The van der Waals surface area contributed by atoms with E-state index < -0.39 is 10.1 Å². The Morgan fingerprint density at radius 3 is 1.88 bits per heavy atom. The SMILES string of the molecule is CCCCC[N+](C)(CCCCS(=O)(=O)O)CCOCCOCCCC. The summed E-state index contributed by atoms with van der Waals surface area (Å²) in [5.74, 6) is -0.145. The second kappa shape index (κ2) is 14.9. The van der Waals surface area contributed by atoms with Crippen molar-refractivity contribution in [2.24, 2.45) is 0 Å². The van der Waals surface area contributed by atoms with Crippen LogP contribution in [0.15, 0.2) is 0 Å². The number of ether oxygens (including phenoxy) is 2. The fraction of sp³-hybridized carbons (Fsp3) is 1.00. The zero-order valence-corrected chi connectivity index (χ0v) is 17.4. The Labute approximate surface area is 155 Å². The van der Waals surface area contributed by atoms with E-state index >= 15 is 0 Å². The van der Waals surface area contributed by atoms with E-state index in [0.29, 0.717) is 26.2 Å². The topological polar surface area (TPSA) is 72.8 Å². The molecule has 0 aliphatic carbocycles. The second-order valence-electron chi connectivity index (χ2n) is 7.07. The van der Waals surface area contributed by atoms with Gasteiger partial charge in [0.05, 0.1) is 45.7 Å². The highest BCUT2D eigenvalue weighted by Gasteiger charge is 2.21. The zero-order valence-electron chi connectivity index (χ0n) is 16.5. The summed E-state index contributed by atoms with van der Waals surface area (Å²) >= 11 is 0. The van der Waals surface area contributed by atoms with Crippen LogP contribution >= 0.6 is 0 Å². The molecule has 0 aliphatic heterocycles. The molecule has 0 spiro atoms. The summed E-state index contributed by atoms with van der Waals surface area (Å²) in [6.45, 7) is 10.0. The first-order chi connectivity index (χ1) is 11.8. The van der Waals surface area contributed by atoms with E-state index in [1.807, 2.05) is 0 Å². The third-order valence-corrected chi connectivity index (χ3v) is 5.25. The van der Waals surface area contributed by atoms with Crippen molar-refractivity contribution in [1.29, 1.82) is 0 Å². The van der Waals surface area contributed by atoms with Crippen LogP contribution in [0.4, 0.5) is 0 Å². The lowest BCUT2D eigenvalue weighted by Crippen LogP contribution is -2.48. The molecule has 1 atom stereocenters.